The van der Waals surface area contributed by atoms with Gasteiger partial charge in [-0.25, -0.2) is 4.98 Å². The second kappa shape index (κ2) is 6.54. The molecule has 1 unspecified atom stereocenters. The van der Waals surface area contributed by atoms with E-state index in [4.69, 9.17) is 0 Å². The maximum absolute atomic E-state index is 4.51. The van der Waals surface area contributed by atoms with Crippen molar-refractivity contribution < 1.29 is 0 Å². The molecule has 7 heteroatoms. The summed E-state index contributed by atoms with van der Waals surface area (Å²) in [5.74, 6) is 3.56. The van der Waals surface area contributed by atoms with Crippen LogP contribution in [0.3, 0.4) is 0 Å². The Morgan fingerprint density at radius 1 is 1.22 bits per heavy atom. The lowest BCUT2D eigenvalue weighted by Gasteiger charge is -2.22. The quantitative estimate of drug-likeness (QED) is 0.654. The minimum Gasteiger partial charge on any atom is -0.354 e. The standard InChI is InChI=1S/C16H23N7/c1-2-11(9-17-6-1)10-19-16-18-7-5-14(21-16)20-15-8-13(22-23-15)12-3-4-12/h5,7-8,11-12,17H,1-4,6,9-10H2,(H3,18,19,20,21,22,23). The molecule has 0 bridgehead atoms. The molecule has 1 saturated carbocycles. The van der Waals surface area contributed by atoms with Crippen molar-refractivity contribution in [2.45, 2.75) is 31.6 Å². The summed E-state index contributed by atoms with van der Waals surface area (Å²) in [4.78, 5) is 8.81. The molecule has 0 radical (unpaired) electrons. The van der Waals surface area contributed by atoms with Gasteiger partial charge in [-0.3, -0.25) is 5.10 Å². The topological polar surface area (TPSA) is 90.5 Å². The van der Waals surface area contributed by atoms with Crippen molar-refractivity contribution in [1.29, 1.82) is 0 Å². The van der Waals surface area contributed by atoms with Crippen LogP contribution >= 0.6 is 0 Å². The highest BCUT2D eigenvalue weighted by atomic mass is 15.2. The Hall–Kier alpha value is -2.15. The van der Waals surface area contributed by atoms with Gasteiger partial charge in [0.15, 0.2) is 5.82 Å². The first kappa shape index (κ1) is 14.4. The van der Waals surface area contributed by atoms with Crippen molar-refractivity contribution in [3.05, 3.63) is 24.0 Å². The molecule has 1 aliphatic carbocycles. The molecule has 7 nitrogen and oxygen atoms in total. The van der Waals surface area contributed by atoms with Crippen LogP contribution in [0.25, 0.3) is 0 Å². The first-order chi connectivity index (χ1) is 11.4. The van der Waals surface area contributed by atoms with Crippen LogP contribution in [0.15, 0.2) is 18.3 Å². The molecule has 2 fully saturated rings. The van der Waals surface area contributed by atoms with Crippen LogP contribution in [0.4, 0.5) is 17.6 Å². The van der Waals surface area contributed by atoms with Crippen LogP contribution in [0.2, 0.25) is 0 Å². The van der Waals surface area contributed by atoms with Crippen LogP contribution in [-0.2, 0) is 0 Å². The lowest BCUT2D eigenvalue weighted by atomic mass is 10.00. The molecule has 1 atom stereocenters. The number of aromatic nitrogens is 4. The first-order valence-corrected chi connectivity index (χ1v) is 8.47. The Bertz CT molecular complexity index is 643. The lowest BCUT2D eigenvalue weighted by molar-refractivity contribution is 0.392. The third-order valence-corrected chi connectivity index (χ3v) is 4.47. The van der Waals surface area contributed by atoms with Crippen molar-refractivity contribution in [3.8, 4) is 0 Å². The van der Waals surface area contributed by atoms with Crippen LogP contribution in [-0.4, -0.2) is 39.8 Å². The van der Waals surface area contributed by atoms with Crippen molar-refractivity contribution in [1.82, 2.24) is 25.5 Å². The number of hydrogen-bond acceptors (Lipinski definition) is 6. The van der Waals surface area contributed by atoms with Crippen molar-refractivity contribution in [2.24, 2.45) is 5.92 Å². The Morgan fingerprint density at radius 3 is 3.00 bits per heavy atom. The number of nitrogens with one attached hydrogen (secondary N) is 4. The summed E-state index contributed by atoms with van der Waals surface area (Å²) >= 11 is 0. The highest BCUT2D eigenvalue weighted by Crippen LogP contribution is 2.39. The van der Waals surface area contributed by atoms with Crippen LogP contribution in [0.1, 0.15) is 37.3 Å². The first-order valence-electron chi connectivity index (χ1n) is 8.47. The van der Waals surface area contributed by atoms with Gasteiger partial charge in [0, 0.05) is 30.4 Å². The van der Waals surface area contributed by atoms with Crippen molar-refractivity contribution in [3.63, 3.8) is 0 Å². The van der Waals surface area contributed by atoms with E-state index in [-0.39, 0.29) is 0 Å². The molecule has 2 aromatic rings. The minimum atomic E-state index is 0.649. The smallest absolute Gasteiger partial charge is 0.224 e. The van der Waals surface area contributed by atoms with Crippen molar-refractivity contribution >= 4 is 17.6 Å². The predicted octanol–water partition coefficient (Wildman–Crippen LogP) is 2.23. The number of rotatable bonds is 6. The molecule has 2 aliphatic rings. The molecule has 4 N–H and O–H groups in total. The van der Waals surface area contributed by atoms with Gasteiger partial charge in [0.2, 0.25) is 5.95 Å². The highest BCUT2D eigenvalue weighted by Gasteiger charge is 2.25. The molecular weight excluding hydrogens is 290 g/mol. The third kappa shape index (κ3) is 3.79. The maximum atomic E-state index is 4.51. The lowest BCUT2D eigenvalue weighted by Crippen LogP contribution is -2.33. The summed E-state index contributed by atoms with van der Waals surface area (Å²) in [5.41, 5.74) is 1.21. The van der Waals surface area contributed by atoms with Crippen molar-refractivity contribution in [2.75, 3.05) is 30.3 Å². The molecule has 1 aliphatic heterocycles. The fourth-order valence-corrected chi connectivity index (χ4v) is 2.98. The fraction of sp³-hybridized carbons (Fsp3) is 0.562. The maximum Gasteiger partial charge on any atom is 0.224 e. The summed E-state index contributed by atoms with van der Waals surface area (Å²) in [6, 6.07) is 3.93. The number of nitrogens with zero attached hydrogens (tertiary/aromatic N) is 3. The van der Waals surface area contributed by atoms with E-state index in [1.54, 1.807) is 6.20 Å². The Balaban J connectivity index is 1.35. The molecule has 0 aromatic carbocycles. The van der Waals surface area contributed by atoms with Crippen LogP contribution < -0.4 is 16.0 Å². The molecule has 0 spiro atoms. The zero-order chi connectivity index (χ0) is 15.5. The second-order valence-electron chi connectivity index (χ2n) is 6.47. The molecule has 3 heterocycles. The third-order valence-electron chi connectivity index (χ3n) is 4.47. The van der Waals surface area contributed by atoms with E-state index in [1.807, 2.05) is 6.07 Å². The molecular formula is C16H23N7. The number of hydrogen-bond donors (Lipinski definition) is 4. The van der Waals surface area contributed by atoms with Gasteiger partial charge in [0.05, 0.1) is 0 Å². The highest BCUT2D eigenvalue weighted by molar-refractivity contribution is 5.53. The van der Waals surface area contributed by atoms with E-state index < -0.39 is 0 Å². The summed E-state index contributed by atoms with van der Waals surface area (Å²) < 4.78 is 0. The van der Waals surface area contributed by atoms with Gasteiger partial charge in [-0.1, -0.05) is 0 Å². The normalized spacial score (nSPS) is 21.1. The molecule has 0 amide bonds. The molecule has 122 valence electrons. The largest absolute Gasteiger partial charge is 0.354 e. The van der Waals surface area contributed by atoms with Gasteiger partial charge in [-0.15, -0.1) is 0 Å². The SMILES string of the molecule is c1cc(Nc2cc(C3CC3)[nH]n2)nc(NCC2CCCNC2)n1. The van der Waals surface area contributed by atoms with Gasteiger partial charge >= 0.3 is 0 Å². The average molecular weight is 313 g/mol. The fourth-order valence-electron chi connectivity index (χ4n) is 2.98. The van der Waals surface area contributed by atoms with E-state index in [2.05, 4.69) is 42.2 Å². The molecule has 23 heavy (non-hydrogen) atoms. The summed E-state index contributed by atoms with van der Waals surface area (Å²) in [6.07, 6.45) is 6.80. The van der Waals surface area contributed by atoms with Gasteiger partial charge in [0.1, 0.15) is 5.82 Å². The van der Waals surface area contributed by atoms with Crippen LogP contribution in [0.5, 0.6) is 0 Å². The van der Waals surface area contributed by atoms with E-state index in [0.717, 1.165) is 31.3 Å². The Kier molecular flexibility index (Phi) is 4.10. The van der Waals surface area contributed by atoms with Gasteiger partial charge in [-0.05, 0) is 50.8 Å². The minimum absolute atomic E-state index is 0.649. The van der Waals surface area contributed by atoms with E-state index in [1.165, 1.54) is 31.4 Å². The molecule has 2 aromatic heterocycles. The summed E-state index contributed by atoms with van der Waals surface area (Å²) in [7, 11) is 0. The van der Waals surface area contributed by atoms with E-state index in [9.17, 15) is 0 Å². The zero-order valence-electron chi connectivity index (χ0n) is 13.2. The van der Waals surface area contributed by atoms with E-state index >= 15 is 0 Å². The number of piperidine rings is 1. The predicted molar refractivity (Wildman–Crippen MR) is 90.0 cm³/mol. The second-order valence-corrected chi connectivity index (χ2v) is 6.47. The zero-order valence-corrected chi connectivity index (χ0v) is 13.2. The van der Waals surface area contributed by atoms with Gasteiger partial charge in [-0.2, -0.15) is 10.1 Å². The summed E-state index contributed by atoms with van der Waals surface area (Å²) in [6.45, 7) is 3.12. The number of anilines is 3. The molecule has 4 rings (SSSR count). The van der Waals surface area contributed by atoms with Crippen LogP contribution in [0, 0.1) is 5.92 Å². The van der Waals surface area contributed by atoms with Gasteiger partial charge in [0.25, 0.3) is 0 Å². The molecule has 1 saturated heterocycles. The number of H-pyrrole nitrogens is 1. The number of aromatic amines is 1. The average Bonchev–Trinajstić information content (AvgIpc) is 3.34. The Morgan fingerprint density at radius 2 is 2.17 bits per heavy atom. The summed E-state index contributed by atoms with van der Waals surface area (Å²) in [5, 5.41) is 17.4. The van der Waals surface area contributed by atoms with E-state index in [0.29, 0.717) is 17.8 Å². The van der Waals surface area contributed by atoms with Gasteiger partial charge < -0.3 is 16.0 Å². The monoisotopic (exact) mass is 313 g/mol. The Labute approximate surface area is 135 Å².